The van der Waals surface area contributed by atoms with E-state index in [2.05, 4.69) is 24.3 Å². The average molecular weight is 350 g/mol. The second kappa shape index (κ2) is 7.36. The molecule has 2 N–H and O–H groups in total. The molecule has 0 spiro atoms. The van der Waals surface area contributed by atoms with Crippen LogP contribution in [0.25, 0.3) is 10.8 Å². The summed E-state index contributed by atoms with van der Waals surface area (Å²) in [5.74, 6) is 1.19. The van der Waals surface area contributed by atoms with Crippen molar-refractivity contribution in [2.24, 2.45) is 0 Å². The molecule has 0 unspecified atom stereocenters. The fourth-order valence-electron chi connectivity index (χ4n) is 3.91. The monoisotopic (exact) mass is 350 g/mol. The first-order chi connectivity index (χ1) is 12.8. The van der Waals surface area contributed by atoms with Gasteiger partial charge in [0.15, 0.2) is 0 Å². The number of nitrogens with one attached hydrogen (secondary N) is 1. The predicted octanol–water partition coefficient (Wildman–Crippen LogP) is 2.56. The van der Waals surface area contributed by atoms with E-state index in [1.165, 1.54) is 10.5 Å². The number of ether oxygens (including phenoxy) is 2. The van der Waals surface area contributed by atoms with Gasteiger partial charge in [-0.15, -0.1) is 0 Å². The van der Waals surface area contributed by atoms with Gasteiger partial charge in [-0.25, -0.2) is 0 Å². The molecular weight excluding hydrogens is 326 g/mol. The smallest absolute Gasteiger partial charge is 0.143 e. The normalized spacial score (nSPS) is 16.5. The van der Waals surface area contributed by atoms with Crippen molar-refractivity contribution in [2.45, 2.75) is 6.04 Å². The SMILES string of the molecule is COc1ccc([C@@H](c2c(O)ccc3ccccc23)[NH+]2CCOCC2)cc1. The van der Waals surface area contributed by atoms with E-state index >= 15 is 0 Å². The van der Waals surface area contributed by atoms with Crippen LogP contribution in [0.5, 0.6) is 11.5 Å². The first kappa shape index (κ1) is 16.9. The predicted molar refractivity (Wildman–Crippen MR) is 102 cm³/mol. The zero-order valence-electron chi connectivity index (χ0n) is 14.9. The standard InChI is InChI=1S/C22H23NO3/c1-25-18-9-6-17(7-10-18)22(23-12-14-26-15-13-23)21-19-5-3-2-4-16(19)8-11-20(21)24/h2-11,22,24H,12-15H2,1H3/p+1/t22-/m0/s1. The summed E-state index contributed by atoms with van der Waals surface area (Å²) in [5.41, 5.74) is 2.17. The summed E-state index contributed by atoms with van der Waals surface area (Å²) in [5, 5.41) is 13.1. The number of methoxy groups -OCH3 is 1. The Hall–Kier alpha value is -2.56. The van der Waals surface area contributed by atoms with E-state index in [4.69, 9.17) is 9.47 Å². The fraction of sp³-hybridized carbons (Fsp3) is 0.273. The molecule has 0 radical (unpaired) electrons. The molecule has 0 aliphatic carbocycles. The van der Waals surface area contributed by atoms with Crippen LogP contribution in [0.2, 0.25) is 0 Å². The fourth-order valence-corrected chi connectivity index (χ4v) is 3.91. The lowest BCUT2D eigenvalue weighted by Crippen LogP contribution is -3.14. The molecule has 3 aromatic rings. The second-order valence-corrected chi connectivity index (χ2v) is 6.70. The van der Waals surface area contributed by atoms with Crippen molar-refractivity contribution < 1.29 is 19.5 Å². The minimum absolute atomic E-state index is 0.0518. The molecule has 134 valence electrons. The minimum atomic E-state index is 0.0518. The highest BCUT2D eigenvalue weighted by Crippen LogP contribution is 2.34. The molecule has 3 aromatic carbocycles. The Morgan fingerprint density at radius 3 is 2.42 bits per heavy atom. The van der Waals surface area contributed by atoms with Gasteiger partial charge in [0.05, 0.1) is 25.9 Å². The first-order valence-electron chi connectivity index (χ1n) is 9.05. The van der Waals surface area contributed by atoms with Crippen molar-refractivity contribution >= 4 is 10.8 Å². The van der Waals surface area contributed by atoms with E-state index in [0.29, 0.717) is 5.75 Å². The third kappa shape index (κ3) is 3.14. The Morgan fingerprint density at radius 2 is 1.69 bits per heavy atom. The van der Waals surface area contributed by atoms with Crippen LogP contribution < -0.4 is 9.64 Å². The Morgan fingerprint density at radius 1 is 0.962 bits per heavy atom. The number of phenols is 1. The zero-order chi connectivity index (χ0) is 17.9. The van der Waals surface area contributed by atoms with Crippen LogP contribution >= 0.6 is 0 Å². The molecule has 0 bridgehead atoms. The number of hydrogen-bond donors (Lipinski definition) is 2. The first-order valence-corrected chi connectivity index (χ1v) is 9.05. The van der Waals surface area contributed by atoms with E-state index in [1.807, 2.05) is 36.4 Å². The van der Waals surface area contributed by atoms with E-state index in [-0.39, 0.29) is 6.04 Å². The van der Waals surface area contributed by atoms with E-state index in [1.54, 1.807) is 7.11 Å². The largest absolute Gasteiger partial charge is 0.507 e. The molecule has 0 saturated carbocycles. The minimum Gasteiger partial charge on any atom is -0.507 e. The summed E-state index contributed by atoms with van der Waals surface area (Å²) in [4.78, 5) is 1.41. The lowest BCUT2D eigenvalue weighted by molar-refractivity contribution is -0.933. The third-order valence-corrected chi connectivity index (χ3v) is 5.23. The van der Waals surface area contributed by atoms with Gasteiger partial charge in [-0.3, -0.25) is 0 Å². The van der Waals surface area contributed by atoms with Gasteiger partial charge in [0.2, 0.25) is 0 Å². The van der Waals surface area contributed by atoms with Gasteiger partial charge in [-0.1, -0.05) is 30.3 Å². The van der Waals surface area contributed by atoms with E-state index < -0.39 is 0 Å². The summed E-state index contributed by atoms with van der Waals surface area (Å²) >= 11 is 0. The number of morpholine rings is 1. The number of phenolic OH excluding ortho intramolecular Hbond substituents is 1. The van der Waals surface area contributed by atoms with Crippen LogP contribution in [0.3, 0.4) is 0 Å². The molecule has 26 heavy (non-hydrogen) atoms. The van der Waals surface area contributed by atoms with Gasteiger partial charge in [-0.05, 0) is 41.1 Å². The van der Waals surface area contributed by atoms with Crippen molar-refractivity contribution in [1.29, 1.82) is 0 Å². The average Bonchev–Trinajstić information content (AvgIpc) is 2.71. The topological polar surface area (TPSA) is 43.1 Å². The molecule has 0 aromatic heterocycles. The number of aromatic hydroxyl groups is 1. The number of fused-ring (bicyclic) bond motifs is 1. The summed E-state index contributed by atoms with van der Waals surface area (Å²) in [6.45, 7) is 3.32. The summed E-state index contributed by atoms with van der Waals surface area (Å²) in [7, 11) is 1.68. The van der Waals surface area contributed by atoms with Crippen LogP contribution in [-0.4, -0.2) is 38.5 Å². The van der Waals surface area contributed by atoms with Gasteiger partial charge in [0, 0.05) is 5.56 Å². The lowest BCUT2D eigenvalue weighted by Gasteiger charge is -2.33. The molecule has 4 nitrogen and oxygen atoms in total. The van der Waals surface area contributed by atoms with E-state index in [0.717, 1.165) is 48.4 Å². The Kier molecular flexibility index (Phi) is 4.78. The van der Waals surface area contributed by atoms with Gasteiger partial charge in [0.25, 0.3) is 0 Å². The van der Waals surface area contributed by atoms with Crippen molar-refractivity contribution in [3.05, 3.63) is 71.8 Å². The summed E-state index contributed by atoms with van der Waals surface area (Å²) < 4.78 is 10.9. The molecule has 1 atom stereocenters. The van der Waals surface area contributed by atoms with Crippen LogP contribution in [-0.2, 0) is 4.74 Å². The highest BCUT2D eigenvalue weighted by molar-refractivity contribution is 5.88. The molecule has 0 amide bonds. The molecule has 1 aliphatic rings. The second-order valence-electron chi connectivity index (χ2n) is 6.70. The van der Waals surface area contributed by atoms with Crippen molar-refractivity contribution in [1.82, 2.24) is 0 Å². The zero-order valence-corrected chi connectivity index (χ0v) is 14.9. The quantitative estimate of drug-likeness (QED) is 0.760. The van der Waals surface area contributed by atoms with Crippen LogP contribution in [0.15, 0.2) is 60.7 Å². The maximum Gasteiger partial charge on any atom is 0.143 e. The van der Waals surface area contributed by atoms with Crippen molar-refractivity contribution in [2.75, 3.05) is 33.4 Å². The van der Waals surface area contributed by atoms with Crippen molar-refractivity contribution in [3.63, 3.8) is 0 Å². The highest BCUT2D eigenvalue weighted by atomic mass is 16.5. The number of hydrogen-bond acceptors (Lipinski definition) is 3. The molecule has 1 saturated heterocycles. The van der Waals surface area contributed by atoms with Gasteiger partial charge < -0.3 is 19.5 Å². The van der Waals surface area contributed by atoms with Crippen LogP contribution in [0.4, 0.5) is 0 Å². The van der Waals surface area contributed by atoms with Gasteiger partial charge in [-0.2, -0.15) is 0 Å². The van der Waals surface area contributed by atoms with Crippen LogP contribution in [0, 0.1) is 0 Å². The maximum absolute atomic E-state index is 10.8. The maximum atomic E-state index is 10.8. The van der Waals surface area contributed by atoms with Gasteiger partial charge >= 0.3 is 0 Å². The third-order valence-electron chi connectivity index (χ3n) is 5.23. The highest BCUT2D eigenvalue weighted by Gasteiger charge is 2.31. The van der Waals surface area contributed by atoms with Crippen molar-refractivity contribution in [3.8, 4) is 11.5 Å². The van der Waals surface area contributed by atoms with Crippen LogP contribution in [0.1, 0.15) is 17.2 Å². The molecule has 4 heteroatoms. The Bertz CT molecular complexity index is 886. The number of rotatable bonds is 4. The van der Waals surface area contributed by atoms with E-state index in [9.17, 15) is 5.11 Å². The summed E-state index contributed by atoms with van der Waals surface area (Å²) in [6, 6.07) is 20.3. The molecule has 4 rings (SSSR count). The summed E-state index contributed by atoms with van der Waals surface area (Å²) in [6.07, 6.45) is 0. The Labute approximate surface area is 153 Å². The number of benzene rings is 3. The molecule has 1 aliphatic heterocycles. The Balaban J connectivity index is 1.88. The number of quaternary nitrogens is 1. The lowest BCUT2D eigenvalue weighted by atomic mass is 9.91. The molecular formula is C22H24NO3+. The molecule has 1 heterocycles. The van der Waals surface area contributed by atoms with Gasteiger partial charge in [0.1, 0.15) is 30.6 Å². The molecule has 1 fully saturated rings.